The molecule has 1 N–H and O–H groups in total. The third-order valence-corrected chi connectivity index (χ3v) is 14.1. The molecule has 2 aliphatic heterocycles. The Hall–Kier alpha value is -6.84. The highest BCUT2D eigenvalue weighted by Gasteiger charge is 2.63. The molecule has 318 valence electrons. The number of nitrogens with one attached hydrogen (secondary N) is 1. The van der Waals surface area contributed by atoms with Gasteiger partial charge < -0.3 is 24.1 Å². The maximum absolute atomic E-state index is 13.1. The number of aliphatic imine (C=N–C) groups is 1. The Bertz CT molecular complexity index is 2820. The summed E-state index contributed by atoms with van der Waals surface area (Å²) in [5.41, 5.74) is 5.44. The summed E-state index contributed by atoms with van der Waals surface area (Å²) in [4.78, 5) is 26.6. The predicted octanol–water partition coefficient (Wildman–Crippen LogP) is 7.53. The average Bonchev–Trinajstić information content (AvgIpc) is 3.56. The zero-order valence-electron chi connectivity index (χ0n) is 35.6. The van der Waals surface area contributed by atoms with Crippen molar-refractivity contribution in [2.24, 2.45) is 10.9 Å². The van der Waals surface area contributed by atoms with E-state index in [4.69, 9.17) is 24.0 Å². The summed E-state index contributed by atoms with van der Waals surface area (Å²) < 4.78 is 19.4. The van der Waals surface area contributed by atoms with Gasteiger partial charge in [0.25, 0.3) is 5.91 Å². The number of aromatic nitrogens is 6. The van der Waals surface area contributed by atoms with Crippen LogP contribution in [0.5, 0.6) is 11.5 Å². The lowest BCUT2D eigenvalue weighted by atomic mass is 9.92. The van der Waals surface area contributed by atoms with Crippen molar-refractivity contribution in [2.75, 3.05) is 25.1 Å². The number of aryl methyl sites for hydroxylation is 2. The lowest BCUT2D eigenvalue weighted by Gasteiger charge is -2.30. The topological polar surface area (TPSA) is 169 Å². The highest BCUT2D eigenvalue weighted by atomic mass is 32.1. The number of benzene rings is 2. The van der Waals surface area contributed by atoms with E-state index in [-0.39, 0.29) is 29.9 Å². The van der Waals surface area contributed by atoms with Crippen molar-refractivity contribution in [1.82, 2.24) is 35.3 Å². The number of nitriles is 1. The summed E-state index contributed by atoms with van der Waals surface area (Å²) in [5.74, 6) is 11.3. The number of anilines is 1. The number of rotatable bonds is 8. The van der Waals surface area contributed by atoms with E-state index in [1.807, 2.05) is 13.0 Å². The Morgan fingerprint density at radius 3 is 2.49 bits per heavy atom. The number of hydrogen-bond donors (Lipinski definition) is 1. The summed E-state index contributed by atoms with van der Waals surface area (Å²) in [6, 6.07) is 19.5. The van der Waals surface area contributed by atoms with Gasteiger partial charge in [0.1, 0.15) is 40.2 Å². The smallest absolute Gasteiger partial charge is 0.272 e. The zero-order chi connectivity index (χ0) is 43.2. The van der Waals surface area contributed by atoms with Crippen molar-refractivity contribution in [3.8, 4) is 34.4 Å². The number of ether oxygens (including phenoxy) is 2. The Morgan fingerprint density at radius 1 is 0.968 bits per heavy atom. The van der Waals surface area contributed by atoms with Gasteiger partial charge in [-0.05, 0) is 108 Å². The molecule has 1 spiro atoms. The van der Waals surface area contributed by atoms with Crippen LogP contribution in [-0.2, 0) is 5.54 Å². The van der Waals surface area contributed by atoms with Crippen LogP contribution < -0.4 is 19.7 Å². The fourth-order valence-corrected chi connectivity index (χ4v) is 10.4. The number of fused-ring (bicyclic) bond motifs is 4. The Morgan fingerprint density at radius 2 is 1.78 bits per heavy atom. The molecule has 2 aliphatic carbocycles. The molecule has 2 unspecified atom stereocenters. The number of carbonyl (C=O) groups excluding carboxylic acids is 1. The van der Waals surface area contributed by atoms with Crippen LogP contribution in [0.25, 0.3) is 5.00 Å². The standard InChI is InChI=1S/C48H46N10O4S/c1-28-29(2)63-46-42(28)43(52-48(47-56-53-30(3)58(46)47)26-38(48)45-50-21-24-61-45)33-9-7-31(8-10-33)5-6-32-19-22-57(23-20-32)41-18-17-39(54-55-41)44(59)51-35-12-15-36(16-13-35)62-37-14-11-34(27-49)40(25-37)60-4/h7-11,14,17-18,21,24-25,32,35-36,38H,12-13,15-16,19-20,22-23,26H2,1-4H3,(H,51,59). The van der Waals surface area contributed by atoms with E-state index in [1.165, 1.54) is 10.4 Å². The first kappa shape index (κ1) is 40.2. The van der Waals surface area contributed by atoms with Crippen molar-refractivity contribution in [3.63, 3.8) is 0 Å². The number of oxazole rings is 1. The molecule has 6 aromatic rings. The fourth-order valence-electron chi connectivity index (χ4n) is 9.15. The first-order chi connectivity index (χ1) is 30.7. The first-order valence-corrected chi connectivity index (χ1v) is 22.3. The molecule has 4 aromatic heterocycles. The number of carbonyl (C=O) groups is 1. The molecule has 15 heteroatoms. The molecule has 3 fully saturated rings. The van der Waals surface area contributed by atoms with Gasteiger partial charge in [-0.3, -0.25) is 14.4 Å². The molecular formula is C48H46N10O4S. The Balaban J connectivity index is 0.745. The van der Waals surface area contributed by atoms with Crippen LogP contribution in [0.4, 0.5) is 5.82 Å². The number of amides is 1. The third kappa shape index (κ3) is 7.61. The van der Waals surface area contributed by atoms with E-state index in [1.54, 1.807) is 55.2 Å². The summed E-state index contributed by atoms with van der Waals surface area (Å²) >= 11 is 1.75. The molecule has 2 aromatic carbocycles. The minimum atomic E-state index is -0.612. The molecule has 14 nitrogen and oxygen atoms in total. The van der Waals surface area contributed by atoms with Crippen LogP contribution in [0, 0.1) is 49.9 Å². The van der Waals surface area contributed by atoms with Crippen molar-refractivity contribution in [3.05, 3.63) is 123 Å². The van der Waals surface area contributed by atoms with E-state index >= 15 is 0 Å². The second-order valence-corrected chi connectivity index (χ2v) is 18.0. The van der Waals surface area contributed by atoms with Gasteiger partial charge in [0.2, 0.25) is 0 Å². The molecule has 0 radical (unpaired) electrons. The Kier molecular flexibility index (Phi) is 10.5. The molecule has 0 bridgehead atoms. The normalized spacial score (nSPS) is 21.5. The van der Waals surface area contributed by atoms with Gasteiger partial charge >= 0.3 is 0 Å². The highest BCUT2D eigenvalue weighted by molar-refractivity contribution is 7.15. The first-order valence-electron chi connectivity index (χ1n) is 21.5. The molecule has 10 rings (SSSR count). The van der Waals surface area contributed by atoms with Crippen LogP contribution in [0.2, 0.25) is 0 Å². The van der Waals surface area contributed by atoms with Crippen LogP contribution in [0.15, 0.2) is 76.5 Å². The summed E-state index contributed by atoms with van der Waals surface area (Å²) in [6.07, 6.45) is 9.10. The number of nitrogens with zero attached hydrogens (tertiary/aromatic N) is 9. The van der Waals surface area contributed by atoms with E-state index < -0.39 is 5.54 Å². The van der Waals surface area contributed by atoms with Gasteiger partial charge in [0.05, 0.1) is 36.6 Å². The number of piperidine rings is 1. The second kappa shape index (κ2) is 16.5. The van der Waals surface area contributed by atoms with Crippen molar-refractivity contribution in [2.45, 2.75) is 89.3 Å². The summed E-state index contributed by atoms with van der Waals surface area (Å²) in [7, 11) is 1.54. The van der Waals surface area contributed by atoms with Gasteiger partial charge in [-0.25, -0.2) is 4.98 Å². The fraction of sp³-hybridized carbons (Fsp3) is 0.375. The van der Waals surface area contributed by atoms with Crippen molar-refractivity contribution < 1.29 is 18.7 Å². The van der Waals surface area contributed by atoms with E-state index in [0.717, 1.165) is 103 Å². The zero-order valence-corrected chi connectivity index (χ0v) is 36.4. The molecular weight excluding hydrogens is 813 g/mol. The van der Waals surface area contributed by atoms with Crippen molar-refractivity contribution in [1.29, 1.82) is 5.26 Å². The lowest BCUT2D eigenvalue weighted by Crippen LogP contribution is -2.40. The van der Waals surface area contributed by atoms with Gasteiger partial charge in [-0.2, -0.15) is 5.26 Å². The molecule has 2 atom stereocenters. The van der Waals surface area contributed by atoms with Crippen LogP contribution in [0.3, 0.4) is 0 Å². The largest absolute Gasteiger partial charge is 0.495 e. The lowest BCUT2D eigenvalue weighted by molar-refractivity contribution is 0.0888. The third-order valence-electron chi connectivity index (χ3n) is 12.9. The van der Waals surface area contributed by atoms with E-state index in [2.05, 4.69) is 91.1 Å². The van der Waals surface area contributed by atoms with Gasteiger partial charge in [0.15, 0.2) is 23.2 Å². The molecule has 1 amide bonds. The van der Waals surface area contributed by atoms with E-state index in [9.17, 15) is 10.1 Å². The molecule has 1 saturated heterocycles. The number of hydrogen-bond acceptors (Lipinski definition) is 13. The monoisotopic (exact) mass is 858 g/mol. The highest BCUT2D eigenvalue weighted by Crippen LogP contribution is 2.62. The second-order valence-electron chi connectivity index (χ2n) is 16.8. The summed E-state index contributed by atoms with van der Waals surface area (Å²) in [5, 5.41) is 31.4. The molecule has 6 heterocycles. The minimum absolute atomic E-state index is 0.0206. The van der Waals surface area contributed by atoms with Crippen LogP contribution in [0.1, 0.15) is 112 Å². The SMILES string of the molecule is COc1cc(OC2CCC(NC(=O)c3ccc(N4CCC(C#Cc5ccc(C6=NC7(CC7c7ncco7)c7nnc(C)n7-c7sc(C)c(C)c76)cc5)CC4)nn3)CC2)ccc1C#N. The average molecular weight is 859 g/mol. The maximum atomic E-state index is 13.1. The van der Waals surface area contributed by atoms with Gasteiger partial charge in [0, 0.05) is 52.7 Å². The van der Waals surface area contributed by atoms with E-state index in [0.29, 0.717) is 28.6 Å². The molecule has 2 saturated carbocycles. The van der Waals surface area contributed by atoms with Gasteiger partial charge in [-0.1, -0.05) is 24.0 Å². The summed E-state index contributed by atoms with van der Waals surface area (Å²) in [6.45, 7) is 7.95. The number of methoxy groups -OCH3 is 1. The molecule has 4 aliphatic rings. The minimum Gasteiger partial charge on any atom is -0.495 e. The maximum Gasteiger partial charge on any atom is 0.272 e. The van der Waals surface area contributed by atoms with Crippen molar-refractivity contribution >= 4 is 28.8 Å². The quantitative estimate of drug-likeness (QED) is 0.150. The number of thiophene rings is 1. The molecule has 63 heavy (non-hydrogen) atoms. The van der Waals surface area contributed by atoms with Crippen LogP contribution >= 0.6 is 11.3 Å². The predicted molar refractivity (Wildman–Crippen MR) is 237 cm³/mol. The Labute approximate surface area is 369 Å². The van der Waals surface area contributed by atoms with Gasteiger partial charge in [-0.15, -0.1) is 31.7 Å². The van der Waals surface area contributed by atoms with Crippen LogP contribution in [-0.4, -0.2) is 73.9 Å².